The molecule has 0 atom stereocenters. The van der Waals surface area contributed by atoms with E-state index < -0.39 is 0 Å². The summed E-state index contributed by atoms with van der Waals surface area (Å²) in [5.74, 6) is 1.54. The Morgan fingerprint density at radius 2 is 0.627 bits per heavy atom. The van der Waals surface area contributed by atoms with Crippen LogP contribution in [0.3, 0.4) is 0 Å². The lowest BCUT2D eigenvalue weighted by Gasteiger charge is -1.96. The Morgan fingerprint density at radius 3 is 0.990 bits per heavy atom. The number of oxazole rings is 1. The molecule has 548 valence electrons. The number of thiazole rings is 4. The Kier molecular flexibility index (Phi) is 46.5. The first kappa shape index (κ1) is 92.3. The average molecular weight is 1480 g/mol. The second-order valence-corrected chi connectivity index (χ2v) is 25.9. The first-order valence-corrected chi connectivity index (χ1v) is 41.9. The number of aromatic nitrogens is 5. The maximum Gasteiger partial charge on any atom is 0.227 e. The normalized spacial score (nSPS) is 9.47. The van der Waals surface area contributed by atoms with Gasteiger partial charge in [0.15, 0.2) is 16.4 Å². The van der Waals surface area contributed by atoms with Gasteiger partial charge in [-0.25, -0.2) is 24.9 Å². The van der Waals surface area contributed by atoms with Crippen molar-refractivity contribution < 1.29 is 8.83 Å². The number of aryl methyl sites for hydroxylation is 10. The molecule has 0 aliphatic heterocycles. The minimum absolute atomic E-state index is 0.693. The van der Waals surface area contributed by atoms with Crippen molar-refractivity contribution in [3.63, 3.8) is 0 Å². The van der Waals surface area contributed by atoms with E-state index in [1.807, 2.05) is 194 Å². The molecule has 7 nitrogen and oxygen atoms in total. The molecule has 8 aromatic heterocycles. The molecule has 0 aliphatic rings. The third kappa shape index (κ3) is 25.3. The Labute approximate surface area is 639 Å². The molecule has 0 saturated heterocycles. The average Bonchev–Trinajstić information content (AvgIpc) is 1.69. The molecule has 13 heteroatoms. The Bertz CT molecular complexity index is 4030. The van der Waals surface area contributed by atoms with Crippen molar-refractivity contribution in [2.24, 2.45) is 0 Å². The van der Waals surface area contributed by atoms with Crippen LogP contribution in [-0.4, -0.2) is 24.9 Å². The topological polar surface area (TPSA) is 90.7 Å². The molecule has 0 amide bonds. The molecule has 7 aromatic carbocycles. The van der Waals surface area contributed by atoms with Crippen LogP contribution < -0.4 is 0 Å². The summed E-state index contributed by atoms with van der Waals surface area (Å²) < 4.78 is 16.4. The first-order chi connectivity index (χ1) is 49.8. The van der Waals surface area contributed by atoms with Gasteiger partial charge in [-0.2, -0.15) is 11.3 Å². The predicted molar refractivity (Wildman–Crippen MR) is 469 cm³/mol. The summed E-state index contributed by atoms with van der Waals surface area (Å²) in [6.07, 6.45) is 1.68. The number of thiophene rings is 2. The summed E-state index contributed by atoms with van der Waals surface area (Å²) >= 11 is 10.5. The molecule has 15 rings (SSSR count). The Morgan fingerprint density at radius 1 is 0.275 bits per heavy atom. The molecular formula is C89H119N5O2S6. The monoisotopic (exact) mass is 1480 g/mol. The van der Waals surface area contributed by atoms with Crippen molar-refractivity contribution in [1.82, 2.24) is 24.9 Å². The molecule has 0 N–H and O–H groups in total. The highest BCUT2D eigenvalue weighted by atomic mass is 32.1. The zero-order valence-corrected chi connectivity index (χ0v) is 72.1. The van der Waals surface area contributed by atoms with E-state index >= 15 is 0 Å². The third-order valence-electron chi connectivity index (χ3n) is 14.0. The molecule has 0 saturated carbocycles. The van der Waals surface area contributed by atoms with Gasteiger partial charge in [0, 0.05) is 22.1 Å². The van der Waals surface area contributed by atoms with E-state index in [1.165, 1.54) is 79.3 Å². The lowest BCUT2D eigenvalue weighted by atomic mass is 10.1. The highest BCUT2D eigenvalue weighted by Gasteiger charge is 2.16. The zero-order valence-electron chi connectivity index (χ0n) is 67.2. The fourth-order valence-corrected chi connectivity index (χ4v) is 15.2. The van der Waals surface area contributed by atoms with Gasteiger partial charge in [0.05, 0.1) is 52.0 Å². The van der Waals surface area contributed by atoms with Crippen molar-refractivity contribution >= 4 is 120 Å². The molecular weight excluding hydrogens is 1360 g/mol. The van der Waals surface area contributed by atoms with Gasteiger partial charge < -0.3 is 8.83 Å². The summed E-state index contributed by atoms with van der Waals surface area (Å²) in [6, 6.07) is 51.9. The SMILES string of the molecule is CC.CC.CC.CC.CC.CC.CC.CC.CC.CC.Cc1ccc(C)c2oc(-c3ccccc3)nc12.Cc1ccc(C)c2sc(-c3ccccc3)nc12.Cc1ccc(C)c2sc(-c3ccco3)nc12.Cc1ccc(C)c2sc(-c3cccs3)nc12.Cc1ccc(C)c2sc(-c3ccsc3)nc12. The molecule has 0 aliphatic carbocycles. The van der Waals surface area contributed by atoms with E-state index in [0.29, 0.717) is 5.89 Å². The standard InChI is InChI=1S/C15H13NO.C15H13NS.C13H11NOS.2C13H11NS2.10C2H6/c2*1-10-8-9-11(2)14-13(10)16-15(17-14)12-6-4-3-5-7-12;1-8-5-6-9(2)12-11(8)14-13(16-12)10-4-3-7-15-10;1-8-3-4-9(2)12-11(8)14-13(16-12)10-5-6-15-7-10;1-8-5-6-9(2)12-11(8)14-13(16-12)10-4-3-7-15-10;10*1-2/h2*3-9H,1-2H3;3*3-7H,1-2H3;10*1-2H3. The maximum absolute atomic E-state index is 5.85. The smallest absolute Gasteiger partial charge is 0.227 e. The lowest BCUT2D eigenvalue weighted by Crippen LogP contribution is -1.79. The molecule has 0 unspecified atom stereocenters. The van der Waals surface area contributed by atoms with Crippen LogP contribution in [0.5, 0.6) is 0 Å². The fourth-order valence-electron chi connectivity index (χ4n) is 9.23. The number of rotatable bonds is 5. The molecule has 8 heterocycles. The molecule has 0 spiro atoms. The number of benzene rings is 7. The predicted octanol–water partition coefficient (Wildman–Crippen LogP) is 32.4. The van der Waals surface area contributed by atoms with E-state index in [9.17, 15) is 0 Å². The van der Waals surface area contributed by atoms with Gasteiger partial charge in [0.25, 0.3) is 0 Å². The van der Waals surface area contributed by atoms with Gasteiger partial charge in [-0.1, -0.05) is 254 Å². The van der Waals surface area contributed by atoms with Crippen molar-refractivity contribution in [2.75, 3.05) is 0 Å². The van der Waals surface area contributed by atoms with Crippen LogP contribution in [0.15, 0.2) is 183 Å². The highest BCUT2D eigenvalue weighted by Crippen LogP contribution is 2.39. The molecule has 0 fully saturated rings. The van der Waals surface area contributed by atoms with Crippen LogP contribution >= 0.6 is 68.0 Å². The largest absolute Gasteiger partial charge is 0.462 e. The van der Waals surface area contributed by atoms with Crippen molar-refractivity contribution in [2.45, 2.75) is 208 Å². The third-order valence-corrected chi connectivity index (χ3v) is 20.6. The second kappa shape index (κ2) is 51.4. The summed E-state index contributed by atoms with van der Waals surface area (Å²) in [7, 11) is 0. The summed E-state index contributed by atoms with van der Waals surface area (Å²) in [4.78, 5) is 24.7. The van der Waals surface area contributed by atoms with E-state index in [4.69, 9.17) is 23.8 Å². The van der Waals surface area contributed by atoms with Crippen LogP contribution in [0.2, 0.25) is 0 Å². The minimum atomic E-state index is 0.693. The molecule has 102 heavy (non-hydrogen) atoms. The van der Waals surface area contributed by atoms with E-state index in [1.54, 1.807) is 74.3 Å². The highest BCUT2D eigenvalue weighted by molar-refractivity contribution is 7.25. The van der Waals surface area contributed by atoms with Gasteiger partial charge >= 0.3 is 0 Å². The van der Waals surface area contributed by atoms with Gasteiger partial charge in [0.1, 0.15) is 20.5 Å². The lowest BCUT2D eigenvalue weighted by molar-refractivity contribution is 0.582. The molecule has 0 bridgehead atoms. The van der Waals surface area contributed by atoms with Crippen LogP contribution in [0.25, 0.3) is 105 Å². The minimum Gasteiger partial charge on any atom is -0.462 e. The van der Waals surface area contributed by atoms with Gasteiger partial charge in [-0.15, -0.1) is 56.7 Å². The van der Waals surface area contributed by atoms with E-state index in [2.05, 4.69) is 192 Å². The number of fused-ring (bicyclic) bond motifs is 5. The molecule has 0 radical (unpaired) electrons. The molecule has 15 aromatic rings. The van der Waals surface area contributed by atoms with Crippen LogP contribution in [0.1, 0.15) is 194 Å². The van der Waals surface area contributed by atoms with Gasteiger partial charge in [-0.05, 0) is 172 Å². The van der Waals surface area contributed by atoms with Crippen LogP contribution in [-0.2, 0) is 0 Å². The van der Waals surface area contributed by atoms with Crippen molar-refractivity contribution in [3.8, 4) is 53.2 Å². The first-order valence-electron chi connectivity index (χ1n) is 36.8. The Balaban J connectivity index is 0.000000599. The summed E-state index contributed by atoms with van der Waals surface area (Å²) in [5, 5.41) is 10.7. The van der Waals surface area contributed by atoms with Crippen LogP contribution in [0.4, 0.5) is 0 Å². The second-order valence-electron chi connectivity index (χ2n) is 20.2. The fraction of sp³-hybridized carbons (Fsp3) is 0.337. The zero-order chi connectivity index (χ0) is 77.0. The number of hydrogen-bond acceptors (Lipinski definition) is 13. The number of furan rings is 1. The van der Waals surface area contributed by atoms with Crippen LogP contribution in [0, 0.1) is 69.2 Å². The van der Waals surface area contributed by atoms with Crippen molar-refractivity contribution in [3.05, 3.63) is 230 Å². The van der Waals surface area contributed by atoms with Crippen molar-refractivity contribution in [1.29, 1.82) is 0 Å². The number of nitrogens with zero attached hydrogens (tertiary/aromatic N) is 5. The van der Waals surface area contributed by atoms with E-state index in [0.717, 1.165) is 75.6 Å². The number of hydrogen-bond donors (Lipinski definition) is 0. The quantitative estimate of drug-likeness (QED) is 0.170. The summed E-state index contributed by atoms with van der Waals surface area (Å²) in [5.41, 5.74) is 22.4. The summed E-state index contributed by atoms with van der Waals surface area (Å²) in [6.45, 7) is 61.1. The van der Waals surface area contributed by atoms with Gasteiger partial charge in [0.2, 0.25) is 5.89 Å². The Hall–Kier alpha value is -7.75. The van der Waals surface area contributed by atoms with Gasteiger partial charge in [-0.3, -0.25) is 0 Å². The maximum atomic E-state index is 5.85. The van der Waals surface area contributed by atoms with E-state index in [-0.39, 0.29) is 0 Å².